The van der Waals surface area contributed by atoms with E-state index in [0.29, 0.717) is 11.5 Å². The summed E-state index contributed by atoms with van der Waals surface area (Å²) in [5, 5.41) is 0. The minimum absolute atomic E-state index is 0.130. The molecule has 0 saturated heterocycles. The van der Waals surface area contributed by atoms with Crippen LogP contribution < -0.4 is 9.47 Å². The van der Waals surface area contributed by atoms with Crippen molar-refractivity contribution in [2.24, 2.45) is 0 Å². The molecular weight excluding hydrogens is 400 g/mol. The van der Waals surface area contributed by atoms with Crippen LogP contribution in [0.5, 0.6) is 11.5 Å². The van der Waals surface area contributed by atoms with E-state index in [1.807, 2.05) is 54.6 Å². The lowest BCUT2D eigenvalue weighted by Gasteiger charge is -2.06. The highest BCUT2D eigenvalue weighted by Gasteiger charge is 2.13. The van der Waals surface area contributed by atoms with Gasteiger partial charge < -0.3 is 18.6 Å². The van der Waals surface area contributed by atoms with Crippen molar-refractivity contribution in [2.75, 3.05) is 13.2 Å². The number of esters is 1. The Morgan fingerprint density at radius 2 is 1.58 bits per heavy atom. The van der Waals surface area contributed by atoms with Crippen LogP contribution in [0.25, 0.3) is 0 Å². The Kier molecular flexibility index (Phi) is 6.33. The Labute approximate surface area is 159 Å². The number of furan rings is 1. The summed E-state index contributed by atoms with van der Waals surface area (Å²) < 4.78 is 22.6. The van der Waals surface area contributed by atoms with E-state index in [1.165, 1.54) is 0 Å². The van der Waals surface area contributed by atoms with Gasteiger partial charge in [-0.05, 0) is 48.5 Å². The Morgan fingerprint density at radius 1 is 0.846 bits per heavy atom. The van der Waals surface area contributed by atoms with Crippen molar-refractivity contribution in [3.63, 3.8) is 0 Å². The first-order valence-corrected chi connectivity index (χ1v) is 8.82. The van der Waals surface area contributed by atoms with E-state index >= 15 is 0 Å². The molecule has 0 saturated carbocycles. The van der Waals surface area contributed by atoms with Gasteiger partial charge in [0.2, 0.25) is 5.76 Å². The van der Waals surface area contributed by atoms with Crippen LogP contribution in [-0.2, 0) is 11.3 Å². The first-order chi connectivity index (χ1) is 12.7. The lowest BCUT2D eigenvalue weighted by Crippen LogP contribution is -2.11. The fourth-order valence-corrected chi connectivity index (χ4v) is 2.40. The van der Waals surface area contributed by atoms with E-state index < -0.39 is 5.97 Å². The van der Waals surface area contributed by atoms with Gasteiger partial charge in [0.1, 0.15) is 37.1 Å². The zero-order chi connectivity index (χ0) is 18.2. The van der Waals surface area contributed by atoms with E-state index in [2.05, 4.69) is 15.9 Å². The molecule has 0 unspecified atom stereocenters. The number of carbonyl (C=O) groups excluding carboxylic acids is 1. The van der Waals surface area contributed by atoms with Crippen molar-refractivity contribution in [1.29, 1.82) is 0 Å². The molecule has 0 fully saturated rings. The smallest absolute Gasteiger partial charge is 0.374 e. The van der Waals surface area contributed by atoms with Gasteiger partial charge in [0.25, 0.3) is 0 Å². The van der Waals surface area contributed by atoms with Crippen molar-refractivity contribution in [3.8, 4) is 11.5 Å². The molecule has 0 amide bonds. The number of hydrogen-bond donors (Lipinski definition) is 0. The average molecular weight is 417 g/mol. The van der Waals surface area contributed by atoms with Crippen LogP contribution in [0.3, 0.4) is 0 Å². The van der Waals surface area contributed by atoms with Crippen LogP contribution in [0, 0.1) is 0 Å². The van der Waals surface area contributed by atoms with Gasteiger partial charge in [0.15, 0.2) is 0 Å². The summed E-state index contributed by atoms with van der Waals surface area (Å²) in [5.41, 5.74) is 0. The molecule has 0 aliphatic heterocycles. The van der Waals surface area contributed by atoms with E-state index in [4.69, 9.17) is 18.6 Å². The van der Waals surface area contributed by atoms with Gasteiger partial charge in [-0.15, -0.1) is 0 Å². The normalized spacial score (nSPS) is 10.3. The molecule has 0 atom stereocenters. The number of benzene rings is 2. The Hall–Kier alpha value is -2.73. The second kappa shape index (κ2) is 9.10. The highest BCUT2D eigenvalue weighted by molar-refractivity contribution is 9.10. The predicted octanol–water partition coefficient (Wildman–Crippen LogP) is 4.86. The number of hydrogen-bond acceptors (Lipinski definition) is 5. The second-order valence-corrected chi connectivity index (χ2v) is 6.22. The lowest BCUT2D eigenvalue weighted by atomic mass is 10.3. The molecule has 6 heteroatoms. The molecular formula is C20H17BrO5. The standard InChI is InChI=1S/C20H17BrO5/c21-15-6-8-17(9-7-15)23-12-13-24-20(22)19-11-10-18(26-19)14-25-16-4-2-1-3-5-16/h1-11H,12-14H2. The van der Waals surface area contributed by atoms with Crippen LogP contribution in [-0.4, -0.2) is 19.2 Å². The third-order valence-corrected chi connectivity index (χ3v) is 3.91. The third kappa shape index (κ3) is 5.39. The molecule has 0 aliphatic carbocycles. The molecule has 5 nitrogen and oxygen atoms in total. The number of halogens is 1. The molecule has 2 aromatic carbocycles. The van der Waals surface area contributed by atoms with Gasteiger partial charge in [0, 0.05) is 4.47 Å². The van der Waals surface area contributed by atoms with Gasteiger partial charge in [-0.3, -0.25) is 0 Å². The van der Waals surface area contributed by atoms with Crippen molar-refractivity contribution >= 4 is 21.9 Å². The van der Waals surface area contributed by atoms with Crippen LogP contribution in [0.1, 0.15) is 16.3 Å². The molecule has 134 valence electrons. The summed E-state index contributed by atoms with van der Waals surface area (Å²) >= 11 is 3.35. The van der Waals surface area contributed by atoms with Crippen molar-refractivity contribution in [3.05, 3.63) is 82.7 Å². The summed E-state index contributed by atoms with van der Waals surface area (Å²) in [4.78, 5) is 12.0. The predicted molar refractivity (Wildman–Crippen MR) is 99.4 cm³/mol. The number of carbonyl (C=O) groups is 1. The topological polar surface area (TPSA) is 57.9 Å². The summed E-state index contributed by atoms with van der Waals surface area (Å²) in [6.07, 6.45) is 0. The Bertz CT molecular complexity index is 827. The van der Waals surface area contributed by atoms with Crippen molar-refractivity contribution in [1.82, 2.24) is 0 Å². The zero-order valence-electron chi connectivity index (χ0n) is 13.9. The molecule has 26 heavy (non-hydrogen) atoms. The maximum Gasteiger partial charge on any atom is 0.374 e. The van der Waals surface area contributed by atoms with Gasteiger partial charge in [0.05, 0.1) is 0 Å². The van der Waals surface area contributed by atoms with Crippen LogP contribution >= 0.6 is 15.9 Å². The molecule has 0 radical (unpaired) electrons. The number of ether oxygens (including phenoxy) is 3. The van der Waals surface area contributed by atoms with E-state index in [0.717, 1.165) is 10.2 Å². The van der Waals surface area contributed by atoms with Crippen LogP contribution in [0.2, 0.25) is 0 Å². The summed E-state index contributed by atoms with van der Waals surface area (Å²) in [7, 11) is 0. The van der Waals surface area contributed by atoms with Crippen LogP contribution in [0.15, 0.2) is 75.6 Å². The molecule has 1 aromatic heterocycles. The molecule has 3 aromatic rings. The van der Waals surface area contributed by atoms with Gasteiger partial charge in [-0.25, -0.2) is 4.79 Å². The monoisotopic (exact) mass is 416 g/mol. The SMILES string of the molecule is O=C(OCCOc1ccc(Br)cc1)c1ccc(COc2ccccc2)o1. The summed E-state index contributed by atoms with van der Waals surface area (Å²) in [5.74, 6) is 1.60. The maximum atomic E-state index is 12.0. The third-order valence-electron chi connectivity index (χ3n) is 3.39. The molecule has 0 aliphatic rings. The molecule has 1 heterocycles. The highest BCUT2D eigenvalue weighted by atomic mass is 79.9. The summed E-state index contributed by atoms with van der Waals surface area (Å²) in [6, 6.07) is 20.1. The fraction of sp³-hybridized carbons (Fsp3) is 0.150. The van der Waals surface area contributed by atoms with Gasteiger partial charge in [-0.2, -0.15) is 0 Å². The minimum Gasteiger partial charge on any atom is -0.490 e. The van der Waals surface area contributed by atoms with Gasteiger partial charge in [-0.1, -0.05) is 34.1 Å². The van der Waals surface area contributed by atoms with Gasteiger partial charge >= 0.3 is 5.97 Å². The van der Waals surface area contributed by atoms with Crippen molar-refractivity contribution < 1.29 is 23.4 Å². The minimum atomic E-state index is -0.532. The quantitative estimate of drug-likeness (QED) is 0.387. The van der Waals surface area contributed by atoms with E-state index in [-0.39, 0.29) is 25.6 Å². The molecule has 0 bridgehead atoms. The molecule has 3 rings (SSSR count). The summed E-state index contributed by atoms with van der Waals surface area (Å²) in [6.45, 7) is 0.632. The largest absolute Gasteiger partial charge is 0.490 e. The Balaban J connectivity index is 1.40. The fourth-order valence-electron chi connectivity index (χ4n) is 2.13. The maximum absolute atomic E-state index is 12.0. The average Bonchev–Trinajstić information content (AvgIpc) is 3.15. The highest BCUT2D eigenvalue weighted by Crippen LogP contribution is 2.16. The molecule has 0 spiro atoms. The second-order valence-electron chi connectivity index (χ2n) is 5.31. The van der Waals surface area contributed by atoms with Crippen LogP contribution in [0.4, 0.5) is 0 Å². The van der Waals surface area contributed by atoms with E-state index in [9.17, 15) is 4.79 Å². The first kappa shape index (κ1) is 18.1. The first-order valence-electron chi connectivity index (χ1n) is 8.03. The molecule has 0 N–H and O–H groups in total. The Morgan fingerprint density at radius 3 is 2.35 bits per heavy atom. The zero-order valence-corrected chi connectivity index (χ0v) is 15.5. The van der Waals surface area contributed by atoms with E-state index in [1.54, 1.807) is 12.1 Å². The lowest BCUT2D eigenvalue weighted by molar-refractivity contribution is 0.0411. The van der Waals surface area contributed by atoms with Crippen molar-refractivity contribution in [2.45, 2.75) is 6.61 Å². The number of para-hydroxylation sites is 1. The number of rotatable bonds is 8.